The lowest BCUT2D eigenvalue weighted by Gasteiger charge is -2.21. The Balaban J connectivity index is 2.29. The second-order valence-electron chi connectivity index (χ2n) is 5.33. The number of rotatable bonds is 8. The van der Waals surface area contributed by atoms with Crippen LogP contribution in [0.15, 0.2) is 0 Å². The number of hydrogen-bond acceptors (Lipinski definition) is 5. The molecule has 1 heterocycles. The Kier molecular flexibility index (Phi) is 7.90. The van der Waals surface area contributed by atoms with Crippen LogP contribution in [0.3, 0.4) is 0 Å². The molecule has 0 radical (unpaired) electrons. The van der Waals surface area contributed by atoms with Gasteiger partial charge in [0.1, 0.15) is 0 Å². The molecule has 0 spiro atoms. The molecule has 114 valence electrons. The minimum Gasteiger partial charge on any atom is -0.330 e. The molecule has 1 fully saturated rings. The first-order chi connectivity index (χ1) is 9.07. The predicted octanol–water partition coefficient (Wildman–Crippen LogP) is 0.168. The summed E-state index contributed by atoms with van der Waals surface area (Å²) in [5.41, 5.74) is 5.53. The van der Waals surface area contributed by atoms with Crippen molar-refractivity contribution in [3.05, 3.63) is 0 Å². The molecule has 1 saturated heterocycles. The molecule has 0 saturated carbocycles. The van der Waals surface area contributed by atoms with E-state index in [1.54, 1.807) is 0 Å². The van der Waals surface area contributed by atoms with Crippen LogP contribution in [0.4, 0.5) is 0 Å². The fourth-order valence-corrected chi connectivity index (χ4v) is 3.83. The van der Waals surface area contributed by atoms with Crippen molar-refractivity contribution in [1.29, 1.82) is 0 Å². The minimum atomic E-state index is -2.84. The van der Waals surface area contributed by atoms with Gasteiger partial charge in [-0.1, -0.05) is 6.92 Å². The van der Waals surface area contributed by atoms with Crippen LogP contribution in [0, 0.1) is 0 Å². The molecule has 1 aliphatic heterocycles. The maximum Gasteiger partial charge on any atom is 0.151 e. The van der Waals surface area contributed by atoms with Gasteiger partial charge >= 0.3 is 0 Å². The average molecular weight is 291 g/mol. The van der Waals surface area contributed by atoms with Gasteiger partial charge in [-0.05, 0) is 45.4 Å². The predicted molar refractivity (Wildman–Crippen MR) is 80.1 cm³/mol. The number of hydrogen-bond donors (Lipinski definition) is 1. The standard InChI is InChI=1S/C13H29N3O2S/c1-2-12-19(17,18)13-11-16-8-4-7-15(9-10-16)6-3-5-14/h2-14H2,1H3. The van der Waals surface area contributed by atoms with E-state index in [4.69, 9.17) is 5.73 Å². The molecule has 19 heavy (non-hydrogen) atoms. The summed E-state index contributed by atoms with van der Waals surface area (Å²) in [5, 5.41) is 0. The van der Waals surface area contributed by atoms with Crippen molar-refractivity contribution in [3.8, 4) is 0 Å². The monoisotopic (exact) mass is 291 g/mol. The summed E-state index contributed by atoms with van der Waals surface area (Å²) in [5.74, 6) is 0.632. The lowest BCUT2D eigenvalue weighted by atomic mass is 10.3. The van der Waals surface area contributed by atoms with E-state index in [1.807, 2.05) is 6.92 Å². The second kappa shape index (κ2) is 8.89. The summed E-state index contributed by atoms with van der Waals surface area (Å²) in [6.07, 6.45) is 2.89. The van der Waals surface area contributed by atoms with Gasteiger partial charge in [0.15, 0.2) is 9.84 Å². The van der Waals surface area contributed by atoms with Gasteiger partial charge in [0, 0.05) is 25.4 Å². The molecule has 1 rings (SSSR count). The second-order valence-corrected chi connectivity index (χ2v) is 7.63. The van der Waals surface area contributed by atoms with Gasteiger partial charge in [-0.25, -0.2) is 8.42 Å². The largest absolute Gasteiger partial charge is 0.330 e. The van der Waals surface area contributed by atoms with Crippen LogP contribution in [0.1, 0.15) is 26.2 Å². The Bertz CT molecular complexity index is 333. The van der Waals surface area contributed by atoms with E-state index in [1.165, 1.54) is 0 Å². The molecule has 2 N–H and O–H groups in total. The third kappa shape index (κ3) is 7.25. The van der Waals surface area contributed by atoms with Crippen LogP contribution in [0.25, 0.3) is 0 Å². The molecule has 1 aliphatic rings. The van der Waals surface area contributed by atoms with Crippen molar-refractivity contribution in [3.63, 3.8) is 0 Å². The Morgan fingerprint density at radius 1 is 1.00 bits per heavy atom. The summed E-state index contributed by atoms with van der Waals surface area (Å²) in [4.78, 5) is 4.73. The number of sulfone groups is 1. The third-order valence-electron chi connectivity index (χ3n) is 3.59. The Morgan fingerprint density at radius 2 is 1.63 bits per heavy atom. The van der Waals surface area contributed by atoms with Gasteiger partial charge in [-0.3, -0.25) is 0 Å². The molecular weight excluding hydrogens is 262 g/mol. The SMILES string of the molecule is CCCS(=O)(=O)CCN1CCCN(CCCN)CC1. The van der Waals surface area contributed by atoms with Gasteiger partial charge in [0.2, 0.25) is 0 Å². The molecule has 6 heteroatoms. The summed E-state index contributed by atoms with van der Waals surface area (Å²) in [7, 11) is -2.84. The highest BCUT2D eigenvalue weighted by Gasteiger charge is 2.17. The van der Waals surface area contributed by atoms with Gasteiger partial charge in [-0.2, -0.15) is 0 Å². The van der Waals surface area contributed by atoms with Gasteiger partial charge in [0.05, 0.1) is 5.75 Å². The smallest absolute Gasteiger partial charge is 0.151 e. The Morgan fingerprint density at radius 3 is 2.21 bits per heavy atom. The topological polar surface area (TPSA) is 66.6 Å². The molecule has 0 aliphatic carbocycles. The third-order valence-corrected chi connectivity index (χ3v) is 5.43. The normalized spacial score (nSPS) is 19.5. The molecule has 5 nitrogen and oxygen atoms in total. The molecule has 0 aromatic heterocycles. The zero-order valence-corrected chi connectivity index (χ0v) is 13.0. The van der Waals surface area contributed by atoms with E-state index in [-0.39, 0.29) is 0 Å². The summed E-state index contributed by atoms with van der Waals surface area (Å²) < 4.78 is 23.4. The average Bonchev–Trinajstić information content (AvgIpc) is 2.59. The lowest BCUT2D eigenvalue weighted by molar-refractivity contribution is 0.262. The summed E-state index contributed by atoms with van der Waals surface area (Å²) in [6, 6.07) is 0. The van der Waals surface area contributed by atoms with Gasteiger partial charge in [-0.15, -0.1) is 0 Å². The highest BCUT2D eigenvalue weighted by atomic mass is 32.2. The van der Waals surface area contributed by atoms with Crippen LogP contribution in [0.5, 0.6) is 0 Å². The van der Waals surface area contributed by atoms with E-state index < -0.39 is 9.84 Å². The highest BCUT2D eigenvalue weighted by Crippen LogP contribution is 2.04. The molecule has 0 bridgehead atoms. The zero-order valence-electron chi connectivity index (χ0n) is 12.2. The Labute approximate surface area is 118 Å². The van der Waals surface area contributed by atoms with Crippen molar-refractivity contribution < 1.29 is 8.42 Å². The van der Waals surface area contributed by atoms with E-state index in [9.17, 15) is 8.42 Å². The van der Waals surface area contributed by atoms with Crippen molar-refractivity contribution in [2.75, 3.05) is 57.3 Å². The molecule has 0 atom stereocenters. The molecule has 0 amide bonds. The molecule has 0 unspecified atom stereocenters. The number of nitrogens with zero attached hydrogens (tertiary/aromatic N) is 2. The first-order valence-corrected chi connectivity index (χ1v) is 9.24. The Hall–Kier alpha value is -0.170. The van der Waals surface area contributed by atoms with Crippen molar-refractivity contribution in [2.24, 2.45) is 5.73 Å². The van der Waals surface area contributed by atoms with E-state index in [0.29, 0.717) is 18.1 Å². The first kappa shape index (κ1) is 16.9. The molecule has 0 aromatic rings. The van der Waals surface area contributed by atoms with E-state index in [2.05, 4.69) is 9.80 Å². The van der Waals surface area contributed by atoms with Crippen LogP contribution < -0.4 is 5.73 Å². The van der Waals surface area contributed by atoms with Crippen molar-refractivity contribution in [1.82, 2.24) is 9.80 Å². The minimum absolute atomic E-state index is 0.309. The van der Waals surface area contributed by atoms with Gasteiger partial charge in [0.25, 0.3) is 0 Å². The van der Waals surface area contributed by atoms with Crippen LogP contribution in [-0.4, -0.2) is 75.5 Å². The molecular formula is C13H29N3O2S. The maximum absolute atomic E-state index is 11.7. The summed E-state index contributed by atoms with van der Waals surface area (Å²) in [6.45, 7) is 8.55. The number of nitrogens with two attached hydrogens (primary N) is 1. The van der Waals surface area contributed by atoms with Gasteiger partial charge < -0.3 is 15.5 Å². The van der Waals surface area contributed by atoms with Crippen LogP contribution >= 0.6 is 0 Å². The molecule has 0 aromatic carbocycles. The summed E-state index contributed by atoms with van der Waals surface area (Å²) >= 11 is 0. The first-order valence-electron chi connectivity index (χ1n) is 7.42. The lowest BCUT2D eigenvalue weighted by Crippen LogP contribution is -2.34. The van der Waals surface area contributed by atoms with E-state index in [0.717, 1.165) is 58.5 Å². The van der Waals surface area contributed by atoms with Crippen LogP contribution in [0.2, 0.25) is 0 Å². The quantitative estimate of drug-likeness (QED) is 0.690. The van der Waals surface area contributed by atoms with Crippen molar-refractivity contribution in [2.45, 2.75) is 26.2 Å². The van der Waals surface area contributed by atoms with E-state index >= 15 is 0 Å². The zero-order chi connectivity index (χ0) is 14.1. The maximum atomic E-state index is 11.7. The fraction of sp³-hybridized carbons (Fsp3) is 1.00. The fourth-order valence-electron chi connectivity index (χ4n) is 2.47. The highest BCUT2D eigenvalue weighted by molar-refractivity contribution is 7.91. The van der Waals surface area contributed by atoms with Crippen LogP contribution in [-0.2, 0) is 9.84 Å². The van der Waals surface area contributed by atoms with Crippen molar-refractivity contribution >= 4 is 9.84 Å².